The maximum absolute atomic E-state index is 11.2. The van der Waals surface area contributed by atoms with Gasteiger partial charge in [0.2, 0.25) is 0 Å². The van der Waals surface area contributed by atoms with E-state index in [0.717, 1.165) is 0 Å². The standard InChI is InChI=1S/C14H21IO6/c1-9(16)18-7-5-6-11-13(21-14(3,4)20-11)12(8-15)19-10(2)17/h5-6,11-13H,7-8H2,1-4H3/b6-5+/t11-,12+,13+/m0/s1. The second-order valence-corrected chi connectivity index (χ2v) is 5.98. The molecule has 1 saturated heterocycles. The van der Waals surface area contributed by atoms with Crippen molar-refractivity contribution in [3.63, 3.8) is 0 Å². The van der Waals surface area contributed by atoms with E-state index >= 15 is 0 Å². The van der Waals surface area contributed by atoms with E-state index in [1.165, 1.54) is 13.8 Å². The molecule has 7 heteroatoms. The van der Waals surface area contributed by atoms with E-state index in [2.05, 4.69) is 22.6 Å². The normalized spacial score (nSPS) is 25.8. The molecule has 1 rings (SSSR count). The fourth-order valence-electron chi connectivity index (χ4n) is 2.01. The number of rotatable bonds is 6. The number of ether oxygens (including phenoxy) is 4. The average molecular weight is 412 g/mol. The highest BCUT2D eigenvalue weighted by Crippen LogP contribution is 2.32. The number of hydrogen-bond donors (Lipinski definition) is 0. The first-order valence-electron chi connectivity index (χ1n) is 6.64. The molecule has 0 bridgehead atoms. The van der Waals surface area contributed by atoms with Crippen LogP contribution in [0.25, 0.3) is 0 Å². The summed E-state index contributed by atoms with van der Waals surface area (Å²) < 4.78 is 22.3. The van der Waals surface area contributed by atoms with Gasteiger partial charge in [-0.25, -0.2) is 0 Å². The second kappa shape index (κ2) is 8.09. The van der Waals surface area contributed by atoms with Crippen LogP contribution < -0.4 is 0 Å². The van der Waals surface area contributed by atoms with Crippen molar-refractivity contribution in [2.75, 3.05) is 11.0 Å². The molecule has 1 heterocycles. The Balaban J connectivity index is 2.73. The quantitative estimate of drug-likeness (QED) is 0.288. The molecule has 1 aliphatic heterocycles. The molecule has 21 heavy (non-hydrogen) atoms. The number of esters is 2. The highest BCUT2D eigenvalue weighted by molar-refractivity contribution is 14.1. The van der Waals surface area contributed by atoms with Crippen LogP contribution in [0.15, 0.2) is 12.2 Å². The molecule has 0 spiro atoms. The van der Waals surface area contributed by atoms with Crippen molar-refractivity contribution in [2.24, 2.45) is 0 Å². The van der Waals surface area contributed by atoms with E-state index in [9.17, 15) is 9.59 Å². The third kappa shape index (κ3) is 6.31. The van der Waals surface area contributed by atoms with Crippen molar-refractivity contribution in [3.8, 4) is 0 Å². The molecule has 0 N–H and O–H groups in total. The van der Waals surface area contributed by atoms with Crippen molar-refractivity contribution in [3.05, 3.63) is 12.2 Å². The molecule has 0 saturated carbocycles. The van der Waals surface area contributed by atoms with Crippen LogP contribution in [0.4, 0.5) is 0 Å². The molecule has 1 aliphatic rings. The van der Waals surface area contributed by atoms with Gasteiger partial charge in [-0.3, -0.25) is 9.59 Å². The average Bonchev–Trinajstić information content (AvgIpc) is 2.66. The Kier molecular flexibility index (Phi) is 7.08. The fraction of sp³-hybridized carbons (Fsp3) is 0.714. The summed E-state index contributed by atoms with van der Waals surface area (Å²) >= 11 is 2.14. The molecule has 0 aliphatic carbocycles. The van der Waals surface area contributed by atoms with E-state index < -0.39 is 18.0 Å². The van der Waals surface area contributed by atoms with Crippen LogP contribution in [-0.2, 0) is 28.5 Å². The first kappa shape index (κ1) is 18.4. The summed E-state index contributed by atoms with van der Waals surface area (Å²) in [4.78, 5) is 21.9. The number of hydrogen-bond acceptors (Lipinski definition) is 6. The Morgan fingerprint density at radius 2 is 1.95 bits per heavy atom. The van der Waals surface area contributed by atoms with E-state index in [0.29, 0.717) is 4.43 Å². The second-order valence-electron chi connectivity index (χ2n) is 5.10. The zero-order valence-corrected chi connectivity index (χ0v) is 14.8. The molecule has 1 fully saturated rings. The summed E-state index contributed by atoms with van der Waals surface area (Å²) in [5.41, 5.74) is 0. The SMILES string of the molecule is CC(=O)OC/C=C/[C@@H]1OC(C)(C)O[C@H]1[C@@H](CI)OC(C)=O. The van der Waals surface area contributed by atoms with Gasteiger partial charge in [-0.2, -0.15) is 0 Å². The van der Waals surface area contributed by atoms with Gasteiger partial charge in [0.1, 0.15) is 24.9 Å². The number of carbonyl (C=O) groups is 2. The first-order valence-corrected chi connectivity index (χ1v) is 8.16. The summed E-state index contributed by atoms with van der Waals surface area (Å²) in [6.45, 7) is 6.49. The van der Waals surface area contributed by atoms with Crippen molar-refractivity contribution >= 4 is 34.5 Å². The molecule has 0 unspecified atom stereocenters. The predicted molar refractivity (Wildman–Crippen MR) is 84.0 cm³/mol. The molecular formula is C14H21IO6. The van der Waals surface area contributed by atoms with Crippen LogP contribution in [0.1, 0.15) is 27.7 Å². The lowest BCUT2D eigenvalue weighted by Gasteiger charge is -2.23. The maximum atomic E-state index is 11.2. The minimum Gasteiger partial charge on any atom is -0.462 e. The van der Waals surface area contributed by atoms with Crippen LogP contribution in [0.3, 0.4) is 0 Å². The molecule has 6 nitrogen and oxygen atoms in total. The van der Waals surface area contributed by atoms with Gasteiger partial charge in [0, 0.05) is 18.3 Å². The van der Waals surface area contributed by atoms with Gasteiger partial charge < -0.3 is 18.9 Å². The topological polar surface area (TPSA) is 71.1 Å². The van der Waals surface area contributed by atoms with Gasteiger partial charge in [-0.1, -0.05) is 28.7 Å². The molecule has 3 atom stereocenters. The zero-order chi connectivity index (χ0) is 16.0. The van der Waals surface area contributed by atoms with Crippen LogP contribution in [0, 0.1) is 0 Å². The summed E-state index contributed by atoms with van der Waals surface area (Å²) in [7, 11) is 0. The Hall–Kier alpha value is -0.670. The van der Waals surface area contributed by atoms with Crippen molar-refractivity contribution in [2.45, 2.75) is 51.8 Å². The van der Waals surface area contributed by atoms with Gasteiger partial charge in [-0.05, 0) is 19.9 Å². The van der Waals surface area contributed by atoms with E-state index in [1.807, 2.05) is 0 Å². The lowest BCUT2D eigenvalue weighted by atomic mass is 10.1. The zero-order valence-electron chi connectivity index (χ0n) is 12.6. The Labute approximate surface area is 138 Å². The summed E-state index contributed by atoms with van der Waals surface area (Å²) in [6.07, 6.45) is 2.31. The van der Waals surface area contributed by atoms with Gasteiger partial charge in [0.25, 0.3) is 0 Å². The van der Waals surface area contributed by atoms with Crippen LogP contribution in [-0.4, -0.2) is 47.1 Å². The molecule has 0 aromatic heterocycles. The molecule has 0 radical (unpaired) electrons. The third-order valence-electron chi connectivity index (χ3n) is 2.71. The lowest BCUT2D eigenvalue weighted by molar-refractivity contribution is -0.166. The van der Waals surface area contributed by atoms with Crippen molar-refractivity contribution in [1.29, 1.82) is 0 Å². The lowest BCUT2D eigenvalue weighted by Crippen LogP contribution is -2.39. The Morgan fingerprint density at radius 3 is 2.48 bits per heavy atom. The van der Waals surface area contributed by atoms with Gasteiger partial charge in [-0.15, -0.1) is 0 Å². The van der Waals surface area contributed by atoms with Crippen LogP contribution in [0.5, 0.6) is 0 Å². The number of alkyl halides is 1. The Bertz CT molecular complexity index is 406. The number of carbonyl (C=O) groups excluding carboxylic acids is 2. The third-order valence-corrected chi connectivity index (χ3v) is 3.58. The van der Waals surface area contributed by atoms with E-state index in [1.54, 1.807) is 26.0 Å². The highest BCUT2D eigenvalue weighted by atomic mass is 127. The minimum atomic E-state index is -0.759. The van der Waals surface area contributed by atoms with Crippen LogP contribution in [0.2, 0.25) is 0 Å². The molecule has 0 amide bonds. The first-order chi connectivity index (χ1) is 9.75. The predicted octanol–water partition coefficient (Wildman–Crippen LogP) is 1.99. The summed E-state index contributed by atoms with van der Waals surface area (Å²) in [6, 6.07) is 0. The molecule has 120 valence electrons. The molecular weight excluding hydrogens is 391 g/mol. The maximum Gasteiger partial charge on any atom is 0.303 e. The largest absolute Gasteiger partial charge is 0.462 e. The smallest absolute Gasteiger partial charge is 0.303 e. The monoisotopic (exact) mass is 412 g/mol. The fourth-order valence-corrected chi connectivity index (χ4v) is 2.69. The van der Waals surface area contributed by atoms with E-state index in [4.69, 9.17) is 18.9 Å². The summed E-state index contributed by atoms with van der Waals surface area (Å²) in [5, 5.41) is 0. The summed E-state index contributed by atoms with van der Waals surface area (Å²) in [5.74, 6) is -1.46. The highest BCUT2D eigenvalue weighted by Gasteiger charge is 2.44. The molecule has 0 aromatic carbocycles. The van der Waals surface area contributed by atoms with Crippen LogP contribution >= 0.6 is 22.6 Å². The van der Waals surface area contributed by atoms with Gasteiger partial charge >= 0.3 is 11.9 Å². The van der Waals surface area contributed by atoms with Gasteiger partial charge in [0.05, 0.1) is 0 Å². The Morgan fingerprint density at radius 1 is 1.29 bits per heavy atom. The van der Waals surface area contributed by atoms with Crippen molar-refractivity contribution in [1.82, 2.24) is 0 Å². The molecule has 0 aromatic rings. The van der Waals surface area contributed by atoms with Crippen molar-refractivity contribution < 1.29 is 28.5 Å². The number of halogens is 1. The van der Waals surface area contributed by atoms with Gasteiger partial charge in [0.15, 0.2) is 5.79 Å². The van der Waals surface area contributed by atoms with E-state index in [-0.39, 0.29) is 24.6 Å². The minimum absolute atomic E-state index is 0.171.